The molecular weight excluding hydrogens is 252 g/mol. The van der Waals surface area contributed by atoms with Crippen molar-refractivity contribution in [2.45, 2.75) is 6.42 Å². The number of carboxylic acids is 1. The molecule has 0 saturated carbocycles. The van der Waals surface area contributed by atoms with E-state index in [2.05, 4.69) is 15.4 Å². The molecule has 0 amide bonds. The van der Waals surface area contributed by atoms with Gasteiger partial charge in [0.25, 0.3) is 0 Å². The van der Waals surface area contributed by atoms with Gasteiger partial charge in [0, 0.05) is 6.07 Å². The monoisotopic (exact) mass is 264 g/mol. The van der Waals surface area contributed by atoms with Crippen LogP contribution in [0.15, 0.2) is 18.2 Å². The standard InChI is InChI=1S/C11H12N4O4/c1-18-7-3-4-8(9(5-7)19-2)15-13-10(12-14-15)6-11(16)17/h3-5H,6H2,1-2H3,(H,16,17). The van der Waals surface area contributed by atoms with Gasteiger partial charge in [-0.1, -0.05) is 0 Å². The number of rotatable bonds is 5. The molecule has 1 heterocycles. The lowest BCUT2D eigenvalue weighted by Gasteiger charge is -2.08. The normalized spacial score (nSPS) is 10.2. The Morgan fingerprint density at radius 2 is 2.16 bits per heavy atom. The van der Waals surface area contributed by atoms with Crippen LogP contribution in [0.1, 0.15) is 5.82 Å². The lowest BCUT2D eigenvalue weighted by molar-refractivity contribution is -0.136. The number of nitrogens with zero attached hydrogens (tertiary/aromatic N) is 4. The molecule has 1 N–H and O–H groups in total. The zero-order chi connectivity index (χ0) is 13.8. The maximum Gasteiger partial charge on any atom is 0.311 e. The van der Waals surface area contributed by atoms with Crippen molar-refractivity contribution in [2.75, 3.05) is 14.2 Å². The Morgan fingerprint density at radius 1 is 1.37 bits per heavy atom. The minimum absolute atomic E-state index is 0.130. The lowest BCUT2D eigenvalue weighted by Crippen LogP contribution is -2.04. The minimum atomic E-state index is -1.01. The summed E-state index contributed by atoms with van der Waals surface area (Å²) in [6.45, 7) is 0. The second kappa shape index (κ2) is 5.34. The molecule has 2 rings (SSSR count). The highest BCUT2D eigenvalue weighted by Crippen LogP contribution is 2.26. The van der Waals surface area contributed by atoms with Gasteiger partial charge in [0.1, 0.15) is 23.6 Å². The molecule has 0 aliphatic carbocycles. The summed E-state index contributed by atoms with van der Waals surface area (Å²) in [6.07, 6.45) is -0.279. The highest BCUT2D eigenvalue weighted by molar-refractivity contribution is 5.68. The summed E-state index contributed by atoms with van der Waals surface area (Å²) in [6, 6.07) is 5.09. The van der Waals surface area contributed by atoms with Gasteiger partial charge in [0.2, 0.25) is 0 Å². The van der Waals surface area contributed by atoms with E-state index in [4.69, 9.17) is 14.6 Å². The van der Waals surface area contributed by atoms with Crippen LogP contribution >= 0.6 is 0 Å². The minimum Gasteiger partial charge on any atom is -0.497 e. The fourth-order valence-corrected chi connectivity index (χ4v) is 1.50. The van der Waals surface area contributed by atoms with Crippen LogP contribution in [0.4, 0.5) is 0 Å². The zero-order valence-corrected chi connectivity index (χ0v) is 10.4. The van der Waals surface area contributed by atoms with E-state index in [9.17, 15) is 4.79 Å². The first-order valence-electron chi connectivity index (χ1n) is 5.37. The molecule has 0 saturated heterocycles. The molecule has 0 atom stereocenters. The summed E-state index contributed by atoms with van der Waals surface area (Å²) in [5, 5.41) is 20.1. The number of benzene rings is 1. The first-order valence-corrected chi connectivity index (χ1v) is 5.37. The third-order valence-corrected chi connectivity index (χ3v) is 2.37. The van der Waals surface area contributed by atoms with Gasteiger partial charge in [0.05, 0.1) is 14.2 Å². The van der Waals surface area contributed by atoms with Gasteiger partial charge < -0.3 is 14.6 Å². The van der Waals surface area contributed by atoms with Crippen molar-refractivity contribution >= 4 is 5.97 Å². The van der Waals surface area contributed by atoms with E-state index in [-0.39, 0.29) is 12.2 Å². The van der Waals surface area contributed by atoms with Crippen LogP contribution in [0.25, 0.3) is 5.69 Å². The Kier molecular flexibility index (Phi) is 3.60. The number of carboxylic acid groups (broad SMARTS) is 1. The highest BCUT2D eigenvalue weighted by atomic mass is 16.5. The molecular formula is C11H12N4O4. The van der Waals surface area contributed by atoms with E-state index < -0.39 is 5.97 Å². The number of hydrogen-bond acceptors (Lipinski definition) is 6. The van der Waals surface area contributed by atoms with E-state index in [1.807, 2.05) is 0 Å². The fourth-order valence-electron chi connectivity index (χ4n) is 1.50. The van der Waals surface area contributed by atoms with Crippen molar-refractivity contribution in [3.63, 3.8) is 0 Å². The molecule has 1 aromatic heterocycles. The predicted molar refractivity (Wildman–Crippen MR) is 63.6 cm³/mol. The van der Waals surface area contributed by atoms with Gasteiger partial charge in [-0.2, -0.15) is 0 Å². The number of ether oxygens (including phenoxy) is 2. The largest absolute Gasteiger partial charge is 0.497 e. The Balaban J connectivity index is 2.35. The van der Waals surface area contributed by atoms with Crippen LogP contribution in [0.3, 0.4) is 0 Å². The maximum atomic E-state index is 10.6. The zero-order valence-electron chi connectivity index (χ0n) is 10.4. The Hall–Kier alpha value is -2.64. The van der Waals surface area contributed by atoms with Gasteiger partial charge in [-0.3, -0.25) is 4.79 Å². The quantitative estimate of drug-likeness (QED) is 0.829. The Morgan fingerprint density at radius 3 is 2.79 bits per heavy atom. The van der Waals surface area contributed by atoms with Gasteiger partial charge in [-0.15, -0.1) is 15.0 Å². The summed E-state index contributed by atoms with van der Waals surface area (Å²) in [4.78, 5) is 11.8. The maximum absolute atomic E-state index is 10.6. The van der Waals surface area contributed by atoms with Crippen LogP contribution in [0.5, 0.6) is 11.5 Å². The van der Waals surface area contributed by atoms with Crippen LogP contribution in [0.2, 0.25) is 0 Å². The number of aliphatic carboxylic acids is 1. The third-order valence-electron chi connectivity index (χ3n) is 2.37. The molecule has 8 heteroatoms. The number of aromatic nitrogens is 4. The first-order chi connectivity index (χ1) is 9.13. The second-order valence-corrected chi connectivity index (χ2v) is 3.60. The van der Waals surface area contributed by atoms with Crippen LogP contribution in [-0.2, 0) is 11.2 Å². The average Bonchev–Trinajstić information content (AvgIpc) is 2.85. The summed E-state index contributed by atoms with van der Waals surface area (Å²) >= 11 is 0. The van der Waals surface area contributed by atoms with E-state index in [1.165, 1.54) is 11.9 Å². The summed E-state index contributed by atoms with van der Waals surface area (Å²) in [5.41, 5.74) is 0.549. The number of carbonyl (C=O) groups is 1. The van der Waals surface area contributed by atoms with Crippen LogP contribution in [-0.4, -0.2) is 45.5 Å². The molecule has 0 aliphatic rings. The summed E-state index contributed by atoms with van der Waals surface area (Å²) in [5.74, 6) is 0.247. The van der Waals surface area contributed by atoms with E-state index in [1.54, 1.807) is 25.3 Å². The Bertz CT molecular complexity index is 596. The molecule has 0 spiro atoms. The molecule has 0 unspecified atom stereocenters. The fraction of sp³-hybridized carbons (Fsp3) is 0.273. The van der Waals surface area contributed by atoms with E-state index >= 15 is 0 Å². The van der Waals surface area contributed by atoms with Crippen molar-refractivity contribution < 1.29 is 19.4 Å². The lowest BCUT2D eigenvalue weighted by atomic mass is 10.3. The summed E-state index contributed by atoms with van der Waals surface area (Å²) in [7, 11) is 3.06. The summed E-state index contributed by atoms with van der Waals surface area (Å²) < 4.78 is 10.3. The van der Waals surface area contributed by atoms with Crippen molar-refractivity contribution in [3.8, 4) is 17.2 Å². The van der Waals surface area contributed by atoms with Crippen molar-refractivity contribution in [1.29, 1.82) is 0 Å². The van der Waals surface area contributed by atoms with Crippen LogP contribution < -0.4 is 9.47 Å². The number of hydrogen-bond donors (Lipinski definition) is 1. The van der Waals surface area contributed by atoms with Gasteiger partial charge in [0.15, 0.2) is 5.82 Å². The molecule has 100 valence electrons. The molecule has 1 aromatic carbocycles. The molecule has 0 bridgehead atoms. The van der Waals surface area contributed by atoms with E-state index in [0.717, 1.165) is 0 Å². The number of tetrazole rings is 1. The SMILES string of the molecule is COc1ccc(-n2nnc(CC(=O)O)n2)c(OC)c1. The Labute approximate surface area is 108 Å². The first kappa shape index (κ1) is 12.8. The van der Waals surface area contributed by atoms with Gasteiger partial charge >= 0.3 is 5.97 Å². The van der Waals surface area contributed by atoms with Gasteiger partial charge in [-0.05, 0) is 17.3 Å². The van der Waals surface area contributed by atoms with Crippen LogP contribution in [0, 0.1) is 0 Å². The van der Waals surface area contributed by atoms with Gasteiger partial charge in [-0.25, -0.2) is 0 Å². The molecule has 0 radical (unpaired) electrons. The van der Waals surface area contributed by atoms with Crippen molar-refractivity contribution in [1.82, 2.24) is 20.2 Å². The molecule has 0 fully saturated rings. The predicted octanol–water partition coefficient (Wildman–Crippen LogP) is 0.307. The molecule has 8 nitrogen and oxygen atoms in total. The smallest absolute Gasteiger partial charge is 0.311 e. The van der Waals surface area contributed by atoms with Crippen molar-refractivity contribution in [2.24, 2.45) is 0 Å². The molecule has 19 heavy (non-hydrogen) atoms. The number of methoxy groups -OCH3 is 2. The molecule has 2 aromatic rings. The van der Waals surface area contributed by atoms with Crippen molar-refractivity contribution in [3.05, 3.63) is 24.0 Å². The second-order valence-electron chi connectivity index (χ2n) is 3.60. The topological polar surface area (TPSA) is 99.4 Å². The molecule has 0 aliphatic heterocycles. The third kappa shape index (κ3) is 2.79. The average molecular weight is 264 g/mol. The van der Waals surface area contributed by atoms with E-state index in [0.29, 0.717) is 17.2 Å². The highest BCUT2D eigenvalue weighted by Gasteiger charge is 2.12.